The summed E-state index contributed by atoms with van der Waals surface area (Å²) in [6.07, 6.45) is 3.58. The average molecular weight is 369 g/mol. The molecule has 1 saturated heterocycles. The van der Waals surface area contributed by atoms with Crippen LogP contribution in [0.15, 0.2) is 29.3 Å². The van der Waals surface area contributed by atoms with Crippen LogP contribution in [0, 0.1) is 6.92 Å². The predicted octanol–water partition coefficient (Wildman–Crippen LogP) is 1.73. The zero-order valence-electron chi connectivity index (χ0n) is 16.5. The molecule has 0 unspecified atom stereocenters. The van der Waals surface area contributed by atoms with Crippen molar-refractivity contribution in [1.82, 2.24) is 24.8 Å². The number of aromatic nitrogens is 3. The van der Waals surface area contributed by atoms with Crippen LogP contribution in [0.3, 0.4) is 0 Å². The summed E-state index contributed by atoms with van der Waals surface area (Å²) < 4.78 is 0. The van der Waals surface area contributed by atoms with Gasteiger partial charge in [0, 0.05) is 50.5 Å². The predicted molar refractivity (Wildman–Crippen MR) is 104 cm³/mol. The molecule has 1 fully saturated rings. The van der Waals surface area contributed by atoms with Crippen LogP contribution in [-0.2, 0) is 12.0 Å². The van der Waals surface area contributed by atoms with Crippen molar-refractivity contribution in [2.24, 2.45) is 0 Å². The number of H-pyrrole nitrogens is 1. The minimum atomic E-state index is -0.350. The van der Waals surface area contributed by atoms with Crippen molar-refractivity contribution in [2.45, 2.75) is 39.7 Å². The number of rotatable bonds is 3. The lowest BCUT2D eigenvalue weighted by Crippen LogP contribution is -2.49. The Morgan fingerprint density at radius 2 is 1.78 bits per heavy atom. The maximum absolute atomic E-state index is 12.9. The monoisotopic (exact) mass is 369 g/mol. The largest absolute Gasteiger partial charge is 0.336 e. The molecule has 1 aliphatic rings. The minimum absolute atomic E-state index is 0.158. The van der Waals surface area contributed by atoms with Crippen LogP contribution in [-0.4, -0.2) is 56.8 Å². The fraction of sp³-hybridized carbons (Fsp3) is 0.500. The van der Waals surface area contributed by atoms with Gasteiger partial charge in [-0.25, -0.2) is 4.98 Å². The lowest BCUT2D eigenvalue weighted by molar-refractivity contribution is 0.0625. The molecule has 0 aromatic carbocycles. The first kappa shape index (κ1) is 19.2. The van der Waals surface area contributed by atoms with E-state index in [-0.39, 0.29) is 22.4 Å². The highest BCUT2D eigenvalue weighted by molar-refractivity contribution is 5.94. The summed E-state index contributed by atoms with van der Waals surface area (Å²) in [6, 6.07) is 4.01. The van der Waals surface area contributed by atoms with Crippen molar-refractivity contribution in [3.05, 3.63) is 57.5 Å². The number of nitrogens with one attached hydrogen (secondary N) is 1. The van der Waals surface area contributed by atoms with E-state index in [0.717, 1.165) is 19.6 Å². The topological polar surface area (TPSA) is 82.2 Å². The van der Waals surface area contributed by atoms with Gasteiger partial charge >= 0.3 is 0 Å². The molecule has 0 spiro atoms. The summed E-state index contributed by atoms with van der Waals surface area (Å²) in [5.74, 6) is 0.369. The molecule has 27 heavy (non-hydrogen) atoms. The van der Waals surface area contributed by atoms with Gasteiger partial charge in [-0.2, -0.15) is 0 Å². The van der Waals surface area contributed by atoms with Crippen LogP contribution in [0.2, 0.25) is 0 Å². The second kappa shape index (κ2) is 7.60. The van der Waals surface area contributed by atoms with E-state index in [0.29, 0.717) is 24.6 Å². The highest BCUT2D eigenvalue weighted by Crippen LogP contribution is 2.18. The van der Waals surface area contributed by atoms with Crippen LogP contribution >= 0.6 is 0 Å². The Morgan fingerprint density at radius 3 is 2.33 bits per heavy atom. The summed E-state index contributed by atoms with van der Waals surface area (Å²) in [4.78, 5) is 40.8. The highest BCUT2D eigenvalue weighted by Gasteiger charge is 2.27. The number of hydrogen-bond acceptors (Lipinski definition) is 5. The number of amides is 1. The van der Waals surface area contributed by atoms with E-state index in [2.05, 4.69) is 19.9 Å². The zero-order chi connectivity index (χ0) is 19.6. The van der Waals surface area contributed by atoms with Gasteiger partial charge in [-0.15, -0.1) is 0 Å². The van der Waals surface area contributed by atoms with Crippen molar-refractivity contribution >= 4 is 5.91 Å². The van der Waals surface area contributed by atoms with Crippen LogP contribution < -0.4 is 5.56 Å². The molecule has 0 atom stereocenters. The molecule has 7 heteroatoms. The van der Waals surface area contributed by atoms with Crippen molar-refractivity contribution in [2.75, 3.05) is 26.2 Å². The standard InChI is InChI=1S/C20H27N5O2/c1-14-16(17(26)23-19(22-14)20(2,3)4)18(27)25-11-9-24(10-12-25)13-15-5-7-21-8-6-15/h5-8H,9-13H2,1-4H3,(H,22,23,26). The molecule has 2 aromatic heterocycles. The molecule has 1 amide bonds. The highest BCUT2D eigenvalue weighted by atomic mass is 16.2. The first-order valence-electron chi connectivity index (χ1n) is 9.27. The Morgan fingerprint density at radius 1 is 1.15 bits per heavy atom. The summed E-state index contributed by atoms with van der Waals surface area (Å²) in [7, 11) is 0. The summed E-state index contributed by atoms with van der Waals surface area (Å²) in [6.45, 7) is 11.3. The van der Waals surface area contributed by atoms with Gasteiger partial charge < -0.3 is 9.88 Å². The van der Waals surface area contributed by atoms with Crippen molar-refractivity contribution in [3.8, 4) is 0 Å². The molecule has 3 heterocycles. The van der Waals surface area contributed by atoms with Gasteiger partial charge in [-0.05, 0) is 24.6 Å². The molecular weight excluding hydrogens is 342 g/mol. The van der Waals surface area contributed by atoms with Crippen LogP contribution in [0.4, 0.5) is 0 Å². The molecule has 0 saturated carbocycles. The number of aromatic amines is 1. The van der Waals surface area contributed by atoms with E-state index < -0.39 is 0 Å². The fourth-order valence-electron chi connectivity index (χ4n) is 3.21. The third kappa shape index (κ3) is 4.42. The zero-order valence-corrected chi connectivity index (χ0v) is 16.5. The number of hydrogen-bond donors (Lipinski definition) is 1. The number of pyridine rings is 1. The Labute approximate surface area is 159 Å². The van der Waals surface area contributed by atoms with Gasteiger partial charge in [-0.1, -0.05) is 20.8 Å². The molecule has 1 aliphatic heterocycles. The first-order chi connectivity index (χ1) is 12.8. The number of piperazine rings is 1. The van der Waals surface area contributed by atoms with Crippen LogP contribution in [0.25, 0.3) is 0 Å². The summed E-state index contributed by atoms with van der Waals surface area (Å²) in [5, 5.41) is 0. The maximum Gasteiger partial charge on any atom is 0.264 e. The summed E-state index contributed by atoms with van der Waals surface area (Å²) in [5.41, 5.74) is 1.23. The molecule has 144 valence electrons. The van der Waals surface area contributed by atoms with Crippen LogP contribution in [0.1, 0.15) is 48.2 Å². The van der Waals surface area contributed by atoms with E-state index in [1.54, 1.807) is 24.2 Å². The maximum atomic E-state index is 12.9. The minimum Gasteiger partial charge on any atom is -0.336 e. The van der Waals surface area contributed by atoms with Gasteiger partial charge in [0.2, 0.25) is 0 Å². The third-order valence-corrected chi connectivity index (χ3v) is 4.84. The first-order valence-corrected chi connectivity index (χ1v) is 9.27. The van der Waals surface area contributed by atoms with E-state index in [1.807, 2.05) is 32.9 Å². The second-order valence-electron chi connectivity index (χ2n) is 8.05. The molecule has 1 N–H and O–H groups in total. The van der Waals surface area contributed by atoms with Gasteiger partial charge in [0.05, 0.1) is 5.69 Å². The smallest absolute Gasteiger partial charge is 0.264 e. The SMILES string of the molecule is Cc1nc(C(C)(C)C)[nH]c(=O)c1C(=O)N1CCN(Cc2ccncc2)CC1. The number of nitrogens with zero attached hydrogens (tertiary/aromatic N) is 4. The number of carbonyl (C=O) groups is 1. The molecular formula is C20H27N5O2. The second-order valence-corrected chi connectivity index (χ2v) is 8.05. The molecule has 0 radical (unpaired) electrons. The quantitative estimate of drug-likeness (QED) is 0.891. The van der Waals surface area contributed by atoms with Crippen molar-refractivity contribution in [1.29, 1.82) is 0 Å². The Kier molecular flexibility index (Phi) is 5.41. The molecule has 7 nitrogen and oxygen atoms in total. The summed E-state index contributed by atoms with van der Waals surface area (Å²) >= 11 is 0. The lowest BCUT2D eigenvalue weighted by atomic mass is 9.95. The van der Waals surface area contributed by atoms with Gasteiger partial charge in [0.1, 0.15) is 11.4 Å². The van der Waals surface area contributed by atoms with Crippen molar-refractivity contribution in [3.63, 3.8) is 0 Å². The van der Waals surface area contributed by atoms with E-state index >= 15 is 0 Å². The van der Waals surface area contributed by atoms with Gasteiger partial charge in [0.15, 0.2) is 0 Å². The van der Waals surface area contributed by atoms with E-state index in [1.165, 1.54) is 5.56 Å². The van der Waals surface area contributed by atoms with Gasteiger partial charge in [-0.3, -0.25) is 19.5 Å². The van der Waals surface area contributed by atoms with Crippen molar-refractivity contribution < 1.29 is 4.79 Å². The number of carbonyl (C=O) groups excluding carboxylic acids is 1. The Balaban J connectivity index is 1.68. The molecule has 0 aliphatic carbocycles. The molecule has 3 rings (SSSR count). The lowest BCUT2D eigenvalue weighted by Gasteiger charge is -2.34. The average Bonchev–Trinajstić information content (AvgIpc) is 2.61. The normalized spacial score (nSPS) is 15.8. The van der Waals surface area contributed by atoms with Gasteiger partial charge in [0.25, 0.3) is 11.5 Å². The number of aryl methyl sites for hydroxylation is 1. The van der Waals surface area contributed by atoms with Crippen LogP contribution in [0.5, 0.6) is 0 Å². The Hall–Kier alpha value is -2.54. The fourth-order valence-corrected chi connectivity index (χ4v) is 3.21. The van der Waals surface area contributed by atoms with E-state index in [4.69, 9.17) is 0 Å². The third-order valence-electron chi connectivity index (χ3n) is 4.84. The Bertz CT molecular complexity index is 862. The molecule has 2 aromatic rings. The van der Waals surface area contributed by atoms with E-state index in [9.17, 15) is 9.59 Å². The molecule has 0 bridgehead atoms.